The van der Waals surface area contributed by atoms with Gasteiger partial charge in [-0.15, -0.1) is 0 Å². The van der Waals surface area contributed by atoms with E-state index < -0.39 is 0 Å². The number of halogens is 3. The minimum Gasteiger partial charge on any atom is -0.487 e. The topological polar surface area (TPSA) is 21.3 Å². The monoisotopic (exact) mass is 387 g/mol. The van der Waals surface area contributed by atoms with Crippen LogP contribution in [-0.2, 0) is 13.2 Å². The fraction of sp³-hybridized carbons (Fsp3) is 0.250. The number of rotatable bonds is 6. The third-order valence-corrected chi connectivity index (χ3v) is 4.22. The van der Waals surface area contributed by atoms with Crippen molar-refractivity contribution in [3.8, 4) is 5.75 Å². The van der Waals surface area contributed by atoms with Crippen LogP contribution >= 0.6 is 39.1 Å². The Morgan fingerprint density at radius 3 is 2.71 bits per heavy atom. The van der Waals surface area contributed by atoms with Gasteiger partial charge in [0.2, 0.25) is 0 Å². The van der Waals surface area contributed by atoms with Gasteiger partial charge in [0, 0.05) is 27.7 Å². The van der Waals surface area contributed by atoms with Crippen molar-refractivity contribution in [3.05, 3.63) is 62.0 Å². The van der Waals surface area contributed by atoms with Crippen molar-refractivity contribution in [1.29, 1.82) is 0 Å². The van der Waals surface area contributed by atoms with E-state index in [1.807, 2.05) is 24.3 Å². The van der Waals surface area contributed by atoms with Crippen LogP contribution in [0.5, 0.6) is 5.75 Å². The third kappa shape index (κ3) is 4.62. The van der Waals surface area contributed by atoms with E-state index in [9.17, 15) is 0 Å². The summed E-state index contributed by atoms with van der Waals surface area (Å²) in [5.41, 5.74) is 1.97. The number of para-hydroxylation sites is 1. The quantitative estimate of drug-likeness (QED) is 0.710. The molecule has 0 unspecified atom stereocenters. The highest BCUT2D eigenvalue weighted by Crippen LogP contribution is 2.31. The maximum atomic E-state index is 6.16. The van der Waals surface area contributed by atoms with Crippen LogP contribution in [0.15, 0.2) is 40.9 Å². The SMILES string of the molecule is CCNCc1cccc(Br)c1OCc1cc(Cl)ccc1Cl. The summed E-state index contributed by atoms with van der Waals surface area (Å²) in [5.74, 6) is 0.828. The van der Waals surface area contributed by atoms with Crippen LogP contribution in [0.25, 0.3) is 0 Å². The average Bonchev–Trinajstić information content (AvgIpc) is 2.47. The molecule has 5 heteroatoms. The number of benzene rings is 2. The molecule has 0 heterocycles. The summed E-state index contributed by atoms with van der Waals surface area (Å²) in [6, 6.07) is 11.4. The van der Waals surface area contributed by atoms with Gasteiger partial charge in [-0.05, 0) is 46.7 Å². The lowest BCUT2D eigenvalue weighted by atomic mass is 10.2. The maximum absolute atomic E-state index is 6.16. The first-order chi connectivity index (χ1) is 10.1. The smallest absolute Gasteiger partial charge is 0.138 e. The minimum atomic E-state index is 0.376. The predicted molar refractivity (Wildman–Crippen MR) is 92.3 cm³/mol. The standard InChI is InChI=1S/C16H16BrCl2NO/c1-2-20-9-11-4-3-5-14(17)16(11)21-10-12-8-13(18)6-7-15(12)19/h3-8,20H,2,9-10H2,1H3. The van der Waals surface area contributed by atoms with E-state index in [4.69, 9.17) is 27.9 Å². The van der Waals surface area contributed by atoms with Gasteiger partial charge in [0.25, 0.3) is 0 Å². The Labute approximate surface area is 143 Å². The molecule has 0 fully saturated rings. The zero-order valence-electron chi connectivity index (χ0n) is 11.6. The zero-order valence-corrected chi connectivity index (χ0v) is 14.7. The highest BCUT2D eigenvalue weighted by molar-refractivity contribution is 9.10. The van der Waals surface area contributed by atoms with Gasteiger partial charge in [0.05, 0.1) is 4.47 Å². The number of nitrogens with one attached hydrogen (secondary N) is 1. The van der Waals surface area contributed by atoms with Crippen LogP contribution < -0.4 is 10.1 Å². The summed E-state index contributed by atoms with van der Waals surface area (Å²) >= 11 is 15.7. The van der Waals surface area contributed by atoms with Crippen molar-refractivity contribution in [2.45, 2.75) is 20.1 Å². The molecule has 0 saturated carbocycles. The largest absolute Gasteiger partial charge is 0.487 e. The number of hydrogen-bond acceptors (Lipinski definition) is 2. The van der Waals surface area contributed by atoms with Crippen molar-refractivity contribution >= 4 is 39.1 Å². The van der Waals surface area contributed by atoms with E-state index in [0.717, 1.165) is 34.4 Å². The van der Waals surface area contributed by atoms with E-state index in [1.165, 1.54) is 0 Å². The molecule has 0 aliphatic heterocycles. The van der Waals surface area contributed by atoms with Crippen LogP contribution in [0.1, 0.15) is 18.1 Å². The first-order valence-electron chi connectivity index (χ1n) is 6.66. The average molecular weight is 389 g/mol. The maximum Gasteiger partial charge on any atom is 0.138 e. The first-order valence-corrected chi connectivity index (χ1v) is 8.21. The lowest BCUT2D eigenvalue weighted by Crippen LogP contribution is -2.13. The van der Waals surface area contributed by atoms with Gasteiger partial charge in [0.15, 0.2) is 0 Å². The first kappa shape index (κ1) is 16.6. The van der Waals surface area contributed by atoms with Crippen LogP contribution in [-0.4, -0.2) is 6.54 Å². The molecule has 0 spiro atoms. The van der Waals surface area contributed by atoms with Crippen LogP contribution in [0, 0.1) is 0 Å². The van der Waals surface area contributed by atoms with Crippen molar-refractivity contribution in [1.82, 2.24) is 5.32 Å². The van der Waals surface area contributed by atoms with Crippen LogP contribution in [0.2, 0.25) is 10.0 Å². The summed E-state index contributed by atoms with van der Waals surface area (Å²) in [5, 5.41) is 4.61. The van der Waals surface area contributed by atoms with Gasteiger partial charge in [0.1, 0.15) is 12.4 Å². The van der Waals surface area contributed by atoms with E-state index in [0.29, 0.717) is 16.7 Å². The number of hydrogen-bond donors (Lipinski definition) is 1. The van der Waals surface area contributed by atoms with E-state index in [2.05, 4.69) is 28.2 Å². The van der Waals surface area contributed by atoms with Crippen molar-refractivity contribution in [2.24, 2.45) is 0 Å². The van der Waals surface area contributed by atoms with Gasteiger partial charge >= 0.3 is 0 Å². The summed E-state index contributed by atoms with van der Waals surface area (Å²) < 4.78 is 6.88. The predicted octanol–water partition coefficient (Wildman–Crippen LogP) is 5.44. The lowest BCUT2D eigenvalue weighted by Gasteiger charge is -2.14. The van der Waals surface area contributed by atoms with Crippen LogP contribution in [0.4, 0.5) is 0 Å². The van der Waals surface area contributed by atoms with Gasteiger partial charge in [-0.2, -0.15) is 0 Å². The molecule has 0 saturated heterocycles. The Balaban J connectivity index is 2.17. The number of ether oxygens (including phenoxy) is 1. The second kappa shape index (κ2) is 8.04. The van der Waals surface area contributed by atoms with E-state index >= 15 is 0 Å². The Bertz CT molecular complexity index is 619. The fourth-order valence-electron chi connectivity index (χ4n) is 1.92. The molecule has 2 rings (SSSR count). The fourth-order valence-corrected chi connectivity index (χ4v) is 2.81. The van der Waals surface area contributed by atoms with Crippen molar-refractivity contribution in [3.63, 3.8) is 0 Å². The molecule has 1 N–H and O–H groups in total. The molecule has 2 nitrogen and oxygen atoms in total. The normalized spacial score (nSPS) is 10.7. The lowest BCUT2D eigenvalue weighted by molar-refractivity contribution is 0.300. The molecule has 2 aromatic carbocycles. The molecule has 0 radical (unpaired) electrons. The van der Waals surface area contributed by atoms with Crippen molar-refractivity contribution < 1.29 is 4.74 Å². The molecule has 2 aromatic rings. The molecule has 0 atom stereocenters. The summed E-state index contributed by atoms with van der Waals surface area (Å²) in [6.07, 6.45) is 0. The minimum absolute atomic E-state index is 0.376. The summed E-state index contributed by atoms with van der Waals surface area (Å²) in [4.78, 5) is 0. The van der Waals surface area contributed by atoms with E-state index in [-0.39, 0.29) is 0 Å². The molecule has 0 bridgehead atoms. The Morgan fingerprint density at radius 2 is 1.95 bits per heavy atom. The second-order valence-electron chi connectivity index (χ2n) is 4.53. The van der Waals surface area contributed by atoms with Crippen molar-refractivity contribution in [2.75, 3.05) is 6.54 Å². The molecule has 0 aromatic heterocycles. The summed E-state index contributed by atoms with van der Waals surface area (Å²) in [7, 11) is 0. The van der Waals surface area contributed by atoms with Gasteiger partial charge in [-0.3, -0.25) is 0 Å². The Morgan fingerprint density at radius 1 is 1.14 bits per heavy atom. The molecule has 0 amide bonds. The van der Waals surface area contributed by atoms with E-state index in [1.54, 1.807) is 12.1 Å². The highest BCUT2D eigenvalue weighted by atomic mass is 79.9. The molecular weight excluding hydrogens is 373 g/mol. The molecule has 0 aliphatic carbocycles. The van der Waals surface area contributed by atoms with Gasteiger partial charge < -0.3 is 10.1 Å². The van der Waals surface area contributed by atoms with Gasteiger partial charge in [-0.25, -0.2) is 0 Å². The molecule has 0 aliphatic rings. The molecule has 21 heavy (non-hydrogen) atoms. The third-order valence-electron chi connectivity index (χ3n) is 2.99. The summed E-state index contributed by atoms with van der Waals surface area (Å²) in [6.45, 7) is 4.12. The zero-order chi connectivity index (χ0) is 15.2. The van der Waals surface area contributed by atoms with Crippen LogP contribution in [0.3, 0.4) is 0 Å². The van der Waals surface area contributed by atoms with Gasteiger partial charge in [-0.1, -0.05) is 42.3 Å². The Hall–Kier alpha value is -0.740. The Kier molecular flexibility index (Phi) is 6.37. The molecule has 112 valence electrons. The second-order valence-corrected chi connectivity index (χ2v) is 6.23. The highest BCUT2D eigenvalue weighted by Gasteiger charge is 2.09. The molecular formula is C16H16BrCl2NO.